The van der Waals surface area contributed by atoms with Crippen molar-refractivity contribution < 1.29 is 47.4 Å². The zero-order valence-corrected chi connectivity index (χ0v) is 33.5. The molecule has 4 N–H and O–H groups in total. The fraction of sp³-hybridized carbons (Fsp3) is 0.405. The van der Waals surface area contributed by atoms with E-state index in [9.17, 15) is 43.1 Å². The summed E-state index contributed by atoms with van der Waals surface area (Å²) in [5.74, 6) is -7.29. The Morgan fingerprint density at radius 2 is 1.50 bits per heavy atom. The second kappa shape index (κ2) is 18.8. The van der Waals surface area contributed by atoms with E-state index in [-0.39, 0.29) is 18.5 Å². The minimum Gasteiger partial charge on any atom is -0.480 e. The minimum absolute atomic E-state index is 0.0275. The lowest BCUT2D eigenvalue weighted by molar-refractivity contribution is -0.143. The number of carbonyl (C=O) groups is 7. The Labute approximate surface area is 335 Å². The highest BCUT2D eigenvalue weighted by Gasteiger charge is 2.38. The van der Waals surface area contributed by atoms with Crippen LogP contribution in [0.1, 0.15) is 72.2 Å². The van der Waals surface area contributed by atoms with E-state index in [2.05, 4.69) is 16.0 Å². The Morgan fingerprint density at radius 1 is 0.862 bits per heavy atom. The van der Waals surface area contributed by atoms with Crippen LogP contribution in [0.5, 0.6) is 0 Å². The van der Waals surface area contributed by atoms with Crippen molar-refractivity contribution in [2.75, 3.05) is 13.1 Å². The van der Waals surface area contributed by atoms with Crippen molar-refractivity contribution in [3.63, 3.8) is 0 Å². The van der Waals surface area contributed by atoms with E-state index in [1.54, 1.807) is 26.1 Å². The van der Waals surface area contributed by atoms with E-state index in [1.165, 1.54) is 18.7 Å². The molecule has 0 saturated heterocycles. The van der Waals surface area contributed by atoms with Gasteiger partial charge in [-0.25, -0.2) is 13.6 Å². The lowest BCUT2D eigenvalue weighted by Gasteiger charge is -2.41. The van der Waals surface area contributed by atoms with E-state index in [0.29, 0.717) is 22.7 Å². The summed E-state index contributed by atoms with van der Waals surface area (Å²) in [5.41, 5.74) is 1.20. The molecule has 0 fully saturated rings. The first-order valence-corrected chi connectivity index (χ1v) is 18.8. The van der Waals surface area contributed by atoms with Gasteiger partial charge in [0, 0.05) is 55.2 Å². The van der Waals surface area contributed by atoms with Gasteiger partial charge in [0.05, 0.1) is 6.04 Å². The number of hydrogen-bond acceptors (Lipinski definition) is 7. The quantitative estimate of drug-likeness (QED) is 0.148. The Balaban J connectivity index is 1.53. The van der Waals surface area contributed by atoms with Crippen molar-refractivity contribution in [3.05, 3.63) is 95.8 Å². The van der Waals surface area contributed by atoms with Crippen LogP contribution in [0, 0.1) is 23.0 Å². The average molecular weight is 805 g/mol. The lowest BCUT2D eigenvalue weighted by Crippen LogP contribution is -2.57. The number of halogens is 2. The van der Waals surface area contributed by atoms with Gasteiger partial charge < -0.3 is 30.5 Å². The Morgan fingerprint density at radius 3 is 2.07 bits per heavy atom. The van der Waals surface area contributed by atoms with E-state index >= 15 is 4.39 Å². The number of rotatable bonds is 17. The monoisotopic (exact) mass is 804 g/mol. The number of aliphatic carboxylic acids is 1. The molecule has 1 aliphatic rings. The second-order valence-corrected chi connectivity index (χ2v) is 15.7. The number of imide groups is 1. The fourth-order valence-corrected chi connectivity index (χ4v) is 6.76. The molecule has 1 aromatic heterocycles. The van der Waals surface area contributed by atoms with Gasteiger partial charge in [-0.1, -0.05) is 65.0 Å². The molecule has 2 heterocycles. The van der Waals surface area contributed by atoms with Crippen LogP contribution in [0.4, 0.5) is 8.78 Å². The molecule has 0 aliphatic carbocycles. The smallest absolute Gasteiger partial charge is 0.326 e. The largest absolute Gasteiger partial charge is 0.480 e. The maximum absolute atomic E-state index is 15.1. The molecule has 6 amide bonds. The van der Waals surface area contributed by atoms with Gasteiger partial charge >= 0.3 is 5.97 Å². The van der Waals surface area contributed by atoms with Crippen LogP contribution in [-0.2, 0) is 40.1 Å². The van der Waals surface area contributed by atoms with E-state index < -0.39 is 95.1 Å². The topological polar surface area (TPSA) is 187 Å². The standard InChI is InChI=1S/C42H50F2N6O8/c1-24(2)37(47-34(52)23-50-35(53)15-16-36(50)54)40(56)45-25(3)39(55)46-32(41(57)58)17-18-49(26(4)51)38(42(5,6)7)33-19-28(30-20-29(43)13-14-31(30)44)22-48(33)21-27-11-9-8-10-12-27/h8-16,19-20,22,24-25,32,37-38H,17-18,21,23H2,1-7H3,(H,45,56)(H,46,55)(H,47,52)(H,57,58). The van der Waals surface area contributed by atoms with Gasteiger partial charge in [0.15, 0.2) is 0 Å². The molecule has 4 atom stereocenters. The van der Waals surface area contributed by atoms with Crippen LogP contribution in [0.3, 0.4) is 0 Å². The third kappa shape index (κ3) is 11.2. The molecule has 2 aromatic carbocycles. The van der Waals surface area contributed by atoms with E-state index in [4.69, 9.17) is 0 Å². The first-order valence-electron chi connectivity index (χ1n) is 18.8. The molecule has 0 saturated carbocycles. The SMILES string of the molecule is CC(=O)N(CCC(NC(=O)C(C)NC(=O)C(NC(=O)CN1C(=O)C=CC1=O)C(C)C)C(=O)O)C(c1cc(-c2cc(F)ccc2F)cn1Cc1ccccc1)C(C)(C)C. The van der Waals surface area contributed by atoms with Gasteiger partial charge in [-0.3, -0.25) is 33.7 Å². The highest BCUT2D eigenvalue weighted by Crippen LogP contribution is 2.41. The lowest BCUT2D eigenvalue weighted by atomic mass is 9.82. The number of carboxylic acids is 1. The van der Waals surface area contributed by atoms with Crippen LogP contribution < -0.4 is 16.0 Å². The van der Waals surface area contributed by atoms with Crippen LogP contribution in [0.2, 0.25) is 0 Å². The van der Waals surface area contributed by atoms with Crippen LogP contribution in [-0.4, -0.2) is 92.1 Å². The zero-order chi connectivity index (χ0) is 43.1. The number of aromatic nitrogens is 1. The van der Waals surface area contributed by atoms with Crippen molar-refractivity contribution in [2.45, 2.75) is 85.6 Å². The maximum atomic E-state index is 15.1. The summed E-state index contributed by atoms with van der Waals surface area (Å²) in [6.45, 7) is 11.2. The minimum atomic E-state index is -1.51. The van der Waals surface area contributed by atoms with Crippen molar-refractivity contribution in [1.82, 2.24) is 30.3 Å². The van der Waals surface area contributed by atoms with Crippen LogP contribution in [0.25, 0.3) is 11.1 Å². The number of hydrogen-bond donors (Lipinski definition) is 4. The van der Waals surface area contributed by atoms with Crippen molar-refractivity contribution in [3.8, 4) is 11.1 Å². The van der Waals surface area contributed by atoms with Gasteiger partial charge in [-0.05, 0) is 54.5 Å². The fourth-order valence-electron chi connectivity index (χ4n) is 6.76. The van der Waals surface area contributed by atoms with Gasteiger partial charge in [0.2, 0.25) is 23.6 Å². The molecule has 1 aliphatic heterocycles. The number of nitrogens with zero attached hydrogens (tertiary/aromatic N) is 3. The van der Waals surface area contributed by atoms with Crippen molar-refractivity contribution >= 4 is 41.4 Å². The van der Waals surface area contributed by atoms with Crippen molar-refractivity contribution in [1.29, 1.82) is 0 Å². The van der Waals surface area contributed by atoms with E-state index in [0.717, 1.165) is 35.9 Å². The third-order valence-electron chi connectivity index (χ3n) is 9.67. The normalized spacial score (nSPS) is 14.8. The Kier molecular flexibility index (Phi) is 14.5. The second-order valence-electron chi connectivity index (χ2n) is 15.7. The molecule has 16 heteroatoms. The molecule has 4 rings (SSSR count). The summed E-state index contributed by atoms with van der Waals surface area (Å²) in [5, 5.41) is 17.6. The summed E-state index contributed by atoms with van der Waals surface area (Å²) in [6, 6.07) is 9.60. The van der Waals surface area contributed by atoms with Gasteiger partial charge in [0.25, 0.3) is 11.8 Å². The zero-order valence-electron chi connectivity index (χ0n) is 33.5. The summed E-state index contributed by atoms with van der Waals surface area (Å²) < 4.78 is 31.3. The molecule has 0 spiro atoms. The maximum Gasteiger partial charge on any atom is 0.326 e. The number of benzene rings is 2. The molecule has 3 aromatic rings. The van der Waals surface area contributed by atoms with Gasteiger partial charge in [0.1, 0.15) is 36.3 Å². The molecule has 4 unspecified atom stereocenters. The number of carboxylic acid groups (broad SMARTS) is 1. The van der Waals surface area contributed by atoms with Gasteiger partial charge in [-0.15, -0.1) is 0 Å². The average Bonchev–Trinajstić information content (AvgIpc) is 3.69. The highest BCUT2D eigenvalue weighted by molar-refractivity contribution is 6.14. The Bertz CT molecular complexity index is 2060. The van der Waals surface area contributed by atoms with Gasteiger partial charge in [-0.2, -0.15) is 0 Å². The third-order valence-corrected chi connectivity index (χ3v) is 9.67. The number of nitrogens with one attached hydrogen (secondary N) is 3. The molecule has 0 radical (unpaired) electrons. The van der Waals surface area contributed by atoms with Crippen LogP contribution in [0.15, 0.2) is 72.9 Å². The first kappa shape index (κ1) is 44.5. The molecule has 14 nitrogen and oxygen atoms in total. The molecular weight excluding hydrogens is 754 g/mol. The van der Waals surface area contributed by atoms with Crippen molar-refractivity contribution in [2.24, 2.45) is 11.3 Å². The Hall–Kier alpha value is -6.19. The number of carbonyl (C=O) groups excluding carboxylic acids is 6. The predicted octanol–water partition coefficient (Wildman–Crippen LogP) is 3.95. The predicted molar refractivity (Wildman–Crippen MR) is 209 cm³/mol. The summed E-state index contributed by atoms with van der Waals surface area (Å²) in [4.78, 5) is 91.1. The molecule has 310 valence electrons. The number of amides is 6. The molecule has 0 bridgehead atoms. The highest BCUT2D eigenvalue weighted by atomic mass is 19.1. The molecule has 58 heavy (non-hydrogen) atoms. The first-order chi connectivity index (χ1) is 27.2. The molecular formula is C42H50F2N6O8. The summed E-state index contributed by atoms with van der Waals surface area (Å²) in [6.07, 6.45) is 3.49. The summed E-state index contributed by atoms with van der Waals surface area (Å²) in [7, 11) is 0. The van der Waals surface area contributed by atoms with E-state index in [1.807, 2.05) is 55.7 Å². The van der Waals surface area contributed by atoms with Crippen LogP contribution >= 0.6 is 0 Å². The summed E-state index contributed by atoms with van der Waals surface area (Å²) >= 11 is 0.